The first-order valence-corrected chi connectivity index (χ1v) is 9.88. The van der Waals surface area contributed by atoms with Crippen molar-refractivity contribution in [2.24, 2.45) is 5.92 Å². The number of aromatic nitrogens is 1. The summed E-state index contributed by atoms with van der Waals surface area (Å²) in [4.78, 5) is 24.2. The highest BCUT2D eigenvalue weighted by atomic mass is 32.2. The minimum absolute atomic E-state index is 0.0551. The lowest BCUT2D eigenvalue weighted by Gasteiger charge is -2.27. The van der Waals surface area contributed by atoms with Gasteiger partial charge in [0.2, 0.25) is 15.9 Å². The molecular weight excluding hydrogens is 356 g/mol. The average Bonchev–Trinajstić information content (AvgIpc) is 2.57. The number of nitrogens with one attached hydrogen (secondary N) is 1. The Balaban J connectivity index is 3.15. The van der Waals surface area contributed by atoms with E-state index < -0.39 is 27.0 Å². The molecule has 8 nitrogen and oxygen atoms in total. The minimum Gasteiger partial charge on any atom is -0.336 e. The number of nitriles is 1. The third-order valence-corrected chi connectivity index (χ3v) is 6.43. The lowest BCUT2D eigenvalue weighted by Crippen LogP contribution is -2.50. The Bertz CT molecular complexity index is 850. The van der Waals surface area contributed by atoms with Gasteiger partial charge in [-0.05, 0) is 18.9 Å². The van der Waals surface area contributed by atoms with E-state index in [2.05, 4.69) is 11.4 Å². The van der Waals surface area contributed by atoms with Crippen LogP contribution in [0.5, 0.6) is 0 Å². The van der Waals surface area contributed by atoms with E-state index in [9.17, 15) is 23.3 Å². The van der Waals surface area contributed by atoms with Crippen molar-refractivity contribution in [2.45, 2.75) is 51.6 Å². The fourth-order valence-electron chi connectivity index (χ4n) is 2.28. The molecule has 0 fully saturated rings. The molecule has 0 saturated carbocycles. The molecule has 144 valence electrons. The number of amides is 1. The van der Waals surface area contributed by atoms with Crippen molar-refractivity contribution in [2.75, 3.05) is 13.1 Å². The molecule has 0 saturated heterocycles. The molecule has 0 radical (unpaired) electrons. The van der Waals surface area contributed by atoms with Crippen molar-refractivity contribution in [3.05, 3.63) is 28.7 Å². The van der Waals surface area contributed by atoms with Gasteiger partial charge in [0, 0.05) is 25.4 Å². The van der Waals surface area contributed by atoms with Crippen LogP contribution in [0.4, 0.5) is 0 Å². The molecule has 0 bridgehead atoms. The number of pyridine rings is 1. The van der Waals surface area contributed by atoms with Crippen LogP contribution in [0.15, 0.2) is 28.0 Å². The van der Waals surface area contributed by atoms with Crippen molar-refractivity contribution in [1.82, 2.24) is 14.2 Å². The fourth-order valence-corrected chi connectivity index (χ4v) is 3.76. The summed E-state index contributed by atoms with van der Waals surface area (Å²) in [5, 5.41) is 11.9. The Kier molecular flexibility index (Phi) is 7.12. The SMILES string of the molecule is CCN(CC)S(=O)(=O)c1ccc(=O)n(CC(=O)N[C@@](C)(C#N)C(C)C)c1. The number of nitrogens with zero attached hydrogens (tertiary/aromatic N) is 3. The first-order valence-electron chi connectivity index (χ1n) is 8.44. The van der Waals surface area contributed by atoms with Crippen molar-refractivity contribution in [1.29, 1.82) is 5.26 Å². The second-order valence-corrected chi connectivity index (χ2v) is 8.38. The molecule has 0 aliphatic heterocycles. The summed E-state index contributed by atoms with van der Waals surface area (Å²) in [6.07, 6.45) is 1.16. The lowest BCUT2D eigenvalue weighted by atomic mass is 9.90. The minimum atomic E-state index is -3.74. The highest BCUT2D eigenvalue weighted by Crippen LogP contribution is 2.16. The quantitative estimate of drug-likeness (QED) is 0.719. The molecule has 0 aromatic carbocycles. The lowest BCUT2D eigenvalue weighted by molar-refractivity contribution is -0.123. The normalized spacial score (nSPS) is 14.1. The Labute approximate surface area is 154 Å². The van der Waals surface area contributed by atoms with Gasteiger partial charge in [-0.15, -0.1) is 0 Å². The van der Waals surface area contributed by atoms with Crippen LogP contribution < -0.4 is 10.9 Å². The molecular formula is C17H26N4O4S. The molecule has 0 aliphatic rings. The van der Waals surface area contributed by atoms with Crippen LogP contribution in [0.3, 0.4) is 0 Å². The maximum atomic E-state index is 12.6. The van der Waals surface area contributed by atoms with Crippen LogP contribution in [-0.2, 0) is 21.4 Å². The molecule has 1 aromatic rings. The Morgan fingerprint density at radius 3 is 2.38 bits per heavy atom. The monoisotopic (exact) mass is 382 g/mol. The van der Waals surface area contributed by atoms with Gasteiger partial charge in [-0.2, -0.15) is 9.57 Å². The van der Waals surface area contributed by atoms with Crippen molar-refractivity contribution >= 4 is 15.9 Å². The van der Waals surface area contributed by atoms with Crippen molar-refractivity contribution < 1.29 is 13.2 Å². The smallest absolute Gasteiger partial charge is 0.251 e. The molecule has 26 heavy (non-hydrogen) atoms. The number of carbonyl (C=O) groups is 1. The molecule has 1 aromatic heterocycles. The van der Waals surface area contributed by atoms with Gasteiger partial charge >= 0.3 is 0 Å². The maximum Gasteiger partial charge on any atom is 0.251 e. The number of hydrogen-bond acceptors (Lipinski definition) is 5. The second kappa shape index (κ2) is 8.47. The summed E-state index contributed by atoms with van der Waals surface area (Å²) >= 11 is 0. The zero-order valence-electron chi connectivity index (χ0n) is 15.8. The highest BCUT2D eigenvalue weighted by molar-refractivity contribution is 7.89. The van der Waals surface area contributed by atoms with Crippen molar-refractivity contribution in [3.63, 3.8) is 0 Å². The van der Waals surface area contributed by atoms with Gasteiger partial charge in [0.1, 0.15) is 12.1 Å². The zero-order chi connectivity index (χ0) is 20.1. The van der Waals surface area contributed by atoms with E-state index in [1.807, 2.05) is 0 Å². The number of carbonyl (C=O) groups excluding carboxylic acids is 1. The molecule has 9 heteroatoms. The van der Waals surface area contributed by atoms with Crippen LogP contribution in [-0.4, -0.2) is 41.8 Å². The Morgan fingerprint density at radius 2 is 1.92 bits per heavy atom. The number of sulfonamides is 1. The summed E-state index contributed by atoms with van der Waals surface area (Å²) in [6, 6.07) is 4.41. The van der Waals surface area contributed by atoms with E-state index in [-0.39, 0.29) is 17.4 Å². The van der Waals surface area contributed by atoms with Crippen LogP contribution in [0, 0.1) is 17.2 Å². The second-order valence-electron chi connectivity index (χ2n) is 6.44. The van der Waals surface area contributed by atoms with Gasteiger partial charge < -0.3 is 9.88 Å². The van der Waals surface area contributed by atoms with Gasteiger partial charge in [0.15, 0.2) is 0 Å². The third-order valence-electron chi connectivity index (χ3n) is 4.40. The van der Waals surface area contributed by atoms with Gasteiger partial charge in [0.25, 0.3) is 5.56 Å². The summed E-state index contributed by atoms with van der Waals surface area (Å²) in [5.74, 6) is -0.676. The molecule has 0 unspecified atom stereocenters. The zero-order valence-corrected chi connectivity index (χ0v) is 16.6. The molecule has 1 heterocycles. The summed E-state index contributed by atoms with van der Waals surface area (Å²) in [6.45, 7) is 8.86. The highest BCUT2D eigenvalue weighted by Gasteiger charge is 2.30. The van der Waals surface area contributed by atoms with E-state index in [0.717, 1.165) is 16.8 Å². The Hall–Kier alpha value is -2.18. The van der Waals surface area contributed by atoms with E-state index in [1.165, 1.54) is 10.4 Å². The van der Waals surface area contributed by atoms with E-state index in [1.54, 1.807) is 34.6 Å². The topological polar surface area (TPSA) is 112 Å². The molecule has 1 amide bonds. The van der Waals surface area contributed by atoms with Gasteiger partial charge in [-0.1, -0.05) is 27.7 Å². The summed E-state index contributed by atoms with van der Waals surface area (Å²) < 4.78 is 27.4. The Morgan fingerprint density at radius 1 is 1.35 bits per heavy atom. The molecule has 1 rings (SSSR count). The third kappa shape index (κ3) is 4.71. The van der Waals surface area contributed by atoms with Crippen LogP contribution >= 0.6 is 0 Å². The summed E-state index contributed by atoms with van der Waals surface area (Å²) in [7, 11) is -3.74. The summed E-state index contributed by atoms with van der Waals surface area (Å²) in [5.41, 5.74) is -1.58. The van der Waals surface area contributed by atoms with E-state index >= 15 is 0 Å². The van der Waals surface area contributed by atoms with Gasteiger partial charge in [0.05, 0.1) is 11.0 Å². The largest absolute Gasteiger partial charge is 0.336 e. The standard InChI is InChI=1S/C17H26N4O4S/c1-6-21(7-2)26(24,25)14-8-9-16(23)20(10-14)11-15(22)19-17(5,12-18)13(3)4/h8-10,13H,6-7,11H2,1-5H3,(H,19,22)/t17-/m0/s1. The molecule has 0 aliphatic carbocycles. The number of hydrogen-bond donors (Lipinski definition) is 1. The van der Waals surface area contributed by atoms with Crippen LogP contribution in [0.25, 0.3) is 0 Å². The predicted octanol–water partition coefficient (Wildman–Crippen LogP) is 0.933. The first-order chi connectivity index (χ1) is 12.0. The number of rotatable bonds is 8. The van der Waals surface area contributed by atoms with Crippen molar-refractivity contribution in [3.8, 4) is 6.07 Å². The van der Waals surface area contributed by atoms with Gasteiger partial charge in [-0.25, -0.2) is 8.42 Å². The fraction of sp³-hybridized carbons (Fsp3) is 0.588. The van der Waals surface area contributed by atoms with Crippen LogP contribution in [0.2, 0.25) is 0 Å². The molecule has 0 spiro atoms. The van der Waals surface area contributed by atoms with E-state index in [4.69, 9.17) is 0 Å². The maximum absolute atomic E-state index is 12.6. The molecule has 1 N–H and O–H groups in total. The van der Waals surface area contributed by atoms with Crippen LogP contribution in [0.1, 0.15) is 34.6 Å². The average molecular weight is 382 g/mol. The van der Waals surface area contributed by atoms with Gasteiger partial charge in [-0.3, -0.25) is 9.59 Å². The molecule has 1 atom stereocenters. The first kappa shape index (κ1) is 21.9. The predicted molar refractivity (Wildman–Crippen MR) is 97.8 cm³/mol. The van der Waals surface area contributed by atoms with E-state index in [0.29, 0.717) is 13.1 Å².